The van der Waals surface area contributed by atoms with Gasteiger partial charge in [-0.1, -0.05) is 0 Å². The van der Waals surface area contributed by atoms with Crippen LogP contribution in [-0.4, -0.2) is 68.8 Å². The Bertz CT molecular complexity index is 8.75. The summed E-state index contributed by atoms with van der Waals surface area (Å²) in [5, 5.41) is 0. The van der Waals surface area contributed by atoms with Crippen LogP contribution in [0, 0.1) is 0 Å². The molecule has 0 heterocycles. The average molecular weight is 525 g/mol. The molecule has 0 aliphatic heterocycles. The van der Waals surface area contributed by atoms with Crippen molar-refractivity contribution in [3.05, 3.63) is 0 Å². The van der Waals surface area contributed by atoms with E-state index in [1.165, 1.54) is 0 Å². The van der Waals surface area contributed by atoms with Crippen LogP contribution >= 0.6 is 0 Å². The van der Waals surface area contributed by atoms with Crippen molar-refractivity contribution in [2.45, 2.75) is 0 Å². The molecule has 0 aromatic heterocycles. The molecule has 0 aliphatic rings. The zero-order valence-electron chi connectivity index (χ0n) is 2.33. The maximum atomic E-state index is 0. The SMILES string of the molecule is [Ag+].[Ag+].[Ge+4].[Se-2].[Se-2].[Se-2]. The summed E-state index contributed by atoms with van der Waals surface area (Å²) in [6.07, 6.45) is 0. The first-order chi connectivity index (χ1) is 0. The Morgan fingerprint density at radius 1 is 0.500 bits per heavy atom. The van der Waals surface area contributed by atoms with Crippen LogP contribution in [0.15, 0.2) is 0 Å². The first-order valence-corrected chi connectivity index (χ1v) is 0. The zero-order chi connectivity index (χ0) is 0. The Labute approximate surface area is 112 Å². The molecule has 0 nitrogen and oxygen atoms in total. The molecule has 0 N–H and O–H groups in total. The first kappa shape index (κ1) is 55.0. The first-order valence-electron chi connectivity index (χ1n) is 0. The molecule has 6 heavy (non-hydrogen) atoms. The molecule has 0 bridgehead atoms. The second-order valence-electron chi connectivity index (χ2n) is 0. The predicted molar refractivity (Wildman–Crippen MR) is 23.0 cm³/mol. The van der Waals surface area contributed by atoms with E-state index in [0.717, 1.165) is 0 Å². The molecule has 0 rings (SSSR count). The molecule has 0 unspecified atom stereocenters. The van der Waals surface area contributed by atoms with E-state index in [9.17, 15) is 0 Å². The molecule has 0 fully saturated rings. The molecular formula is Ag2GeSe3. The Morgan fingerprint density at radius 3 is 0.500 bits per heavy atom. The molecule has 6 heteroatoms. The van der Waals surface area contributed by atoms with Gasteiger partial charge in [0.1, 0.15) is 0 Å². The summed E-state index contributed by atoms with van der Waals surface area (Å²) in [6, 6.07) is 0. The maximum Gasteiger partial charge on any atom is 4.00 e. The van der Waals surface area contributed by atoms with Gasteiger partial charge >= 0.3 is 62.4 Å². The monoisotopic (exact) mass is 527 g/mol. The maximum absolute atomic E-state index is 0. The summed E-state index contributed by atoms with van der Waals surface area (Å²) in [5.41, 5.74) is 0. The fourth-order valence-electron chi connectivity index (χ4n) is 0. The summed E-state index contributed by atoms with van der Waals surface area (Å²) in [6.45, 7) is 0. The Hall–Kier alpha value is 3.58. The smallest absolute Gasteiger partial charge is 2.00 e. The molecule has 0 spiro atoms. The van der Waals surface area contributed by atoms with Crippen molar-refractivity contribution in [3.8, 4) is 0 Å². The molecule has 0 amide bonds. The quantitative estimate of drug-likeness (QED) is 0.337. The van der Waals surface area contributed by atoms with Crippen molar-refractivity contribution in [2.24, 2.45) is 0 Å². The summed E-state index contributed by atoms with van der Waals surface area (Å²) in [4.78, 5) is 0. The van der Waals surface area contributed by atoms with E-state index in [2.05, 4.69) is 0 Å². The van der Waals surface area contributed by atoms with Gasteiger partial charge in [-0.15, -0.1) is 0 Å². The van der Waals surface area contributed by atoms with Gasteiger partial charge in [0.25, 0.3) is 0 Å². The fraction of sp³-hybridized carbons (Fsp3) is 0. The largest absolute Gasteiger partial charge is 4.00 e. The van der Waals surface area contributed by atoms with Crippen molar-refractivity contribution >= 4 is 68.8 Å². The predicted octanol–water partition coefficient (Wildman–Crippen LogP) is -1.53. The summed E-state index contributed by atoms with van der Waals surface area (Å²) < 4.78 is 0. The van der Waals surface area contributed by atoms with Crippen LogP contribution in [0.25, 0.3) is 0 Å². The van der Waals surface area contributed by atoms with Crippen molar-refractivity contribution in [3.63, 3.8) is 0 Å². The molecule has 0 aromatic carbocycles. The number of rotatable bonds is 0. The van der Waals surface area contributed by atoms with Crippen molar-refractivity contribution in [1.29, 1.82) is 0 Å². The minimum Gasteiger partial charge on any atom is -2.00 e. The van der Waals surface area contributed by atoms with Crippen LogP contribution < -0.4 is 0 Å². The van der Waals surface area contributed by atoms with Gasteiger partial charge in [-0.2, -0.15) is 0 Å². The van der Waals surface area contributed by atoms with E-state index in [4.69, 9.17) is 0 Å². The molecule has 0 aliphatic carbocycles. The standard InChI is InChI=1S/2Ag.Ge.3Se/q2*+1;+4;3*-2. The third-order valence-electron chi connectivity index (χ3n) is 0. The summed E-state index contributed by atoms with van der Waals surface area (Å²) >= 11 is 0. The van der Waals surface area contributed by atoms with Crippen molar-refractivity contribution < 1.29 is 44.8 Å². The van der Waals surface area contributed by atoms with Gasteiger partial charge in [0, 0.05) is 0 Å². The van der Waals surface area contributed by atoms with E-state index in [1.807, 2.05) is 0 Å². The van der Waals surface area contributed by atoms with E-state index in [0.29, 0.717) is 0 Å². The normalized spacial score (nSPS) is 0. The van der Waals surface area contributed by atoms with Crippen LogP contribution in [0.3, 0.4) is 0 Å². The summed E-state index contributed by atoms with van der Waals surface area (Å²) in [5.74, 6) is 0. The minimum atomic E-state index is 0. The fourth-order valence-corrected chi connectivity index (χ4v) is 0. The topological polar surface area (TPSA) is 0 Å². The van der Waals surface area contributed by atoms with Gasteiger partial charge in [0.05, 0.1) is 0 Å². The van der Waals surface area contributed by atoms with Crippen LogP contribution in [0.5, 0.6) is 0 Å². The van der Waals surface area contributed by atoms with Crippen LogP contribution in [0.4, 0.5) is 0 Å². The van der Waals surface area contributed by atoms with Gasteiger partial charge in [-0.3, -0.25) is 0 Å². The Morgan fingerprint density at radius 2 is 0.500 bits per heavy atom. The van der Waals surface area contributed by atoms with Gasteiger partial charge in [-0.05, 0) is 0 Å². The van der Waals surface area contributed by atoms with E-state index in [-0.39, 0.29) is 114 Å². The molecule has 44 valence electrons. The number of hydrogen-bond acceptors (Lipinski definition) is 0. The third-order valence-corrected chi connectivity index (χ3v) is 0. The van der Waals surface area contributed by atoms with Crippen LogP contribution in [0.1, 0.15) is 0 Å². The Kier molecular flexibility index (Phi) is 353. The molecule has 0 saturated heterocycles. The molecule has 0 radical (unpaired) electrons. The Balaban J connectivity index is 0. The van der Waals surface area contributed by atoms with Gasteiger partial charge in [0.2, 0.25) is 0 Å². The molecule has 0 saturated carbocycles. The third kappa shape index (κ3) is 25.6. The number of hydrogen-bond donors (Lipinski definition) is 0. The zero-order valence-corrected chi connectivity index (χ0v) is 12.5. The molecule has 0 atom stereocenters. The van der Waals surface area contributed by atoms with Crippen LogP contribution in [0.2, 0.25) is 0 Å². The second kappa shape index (κ2) is 38.5. The van der Waals surface area contributed by atoms with Crippen molar-refractivity contribution in [2.75, 3.05) is 0 Å². The summed E-state index contributed by atoms with van der Waals surface area (Å²) in [7, 11) is 0. The second-order valence-corrected chi connectivity index (χ2v) is 0. The van der Waals surface area contributed by atoms with E-state index >= 15 is 0 Å². The van der Waals surface area contributed by atoms with Crippen LogP contribution in [-0.2, 0) is 44.8 Å². The van der Waals surface area contributed by atoms with E-state index < -0.39 is 0 Å². The van der Waals surface area contributed by atoms with E-state index in [1.54, 1.807) is 0 Å². The van der Waals surface area contributed by atoms with Gasteiger partial charge < -0.3 is 51.2 Å². The minimum absolute atomic E-state index is 0. The molecule has 0 aromatic rings. The van der Waals surface area contributed by atoms with Crippen molar-refractivity contribution in [1.82, 2.24) is 0 Å². The van der Waals surface area contributed by atoms with Gasteiger partial charge in [0.15, 0.2) is 0 Å². The van der Waals surface area contributed by atoms with Gasteiger partial charge in [-0.25, -0.2) is 0 Å². The average Bonchev–Trinajstić information content (AvgIpc) is 0. The molecular weight excluding hydrogens is 525 g/mol.